The van der Waals surface area contributed by atoms with Gasteiger partial charge in [-0.1, -0.05) is 0 Å². The zero-order chi connectivity index (χ0) is 13.7. The van der Waals surface area contributed by atoms with E-state index in [0.29, 0.717) is 11.4 Å². The van der Waals surface area contributed by atoms with E-state index >= 15 is 0 Å². The summed E-state index contributed by atoms with van der Waals surface area (Å²) in [6.07, 6.45) is 5.04. The average molecular weight is 262 g/mol. The van der Waals surface area contributed by atoms with E-state index in [9.17, 15) is 4.79 Å². The molecule has 0 atom stereocenters. The highest BCUT2D eigenvalue weighted by Gasteiger charge is 2.16. The summed E-state index contributed by atoms with van der Waals surface area (Å²) in [5, 5.41) is 2.94. The number of anilines is 1. The smallest absolute Gasteiger partial charge is 0.252 e. The van der Waals surface area contributed by atoms with Crippen LogP contribution in [-0.2, 0) is 0 Å². The molecule has 0 bridgehead atoms. The molecule has 1 amide bonds. The number of aromatic nitrogens is 1. The average Bonchev–Trinajstić information content (AvgIpc) is 2.41. The Labute approximate surface area is 114 Å². The van der Waals surface area contributed by atoms with Crippen molar-refractivity contribution in [2.24, 2.45) is 5.92 Å². The lowest BCUT2D eigenvalue weighted by Crippen LogP contribution is -2.32. The number of rotatable bonds is 4. The minimum absolute atomic E-state index is 0.0690. The third-order valence-electron chi connectivity index (χ3n) is 3.72. The third-order valence-corrected chi connectivity index (χ3v) is 3.72. The van der Waals surface area contributed by atoms with Gasteiger partial charge in [0.2, 0.25) is 0 Å². The molecule has 1 aliphatic rings. The van der Waals surface area contributed by atoms with Gasteiger partial charge in [0.15, 0.2) is 0 Å². The van der Waals surface area contributed by atoms with Crippen LogP contribution < -0.4 is 11.1 Å². The van der Waals surface area contributed by atoms with E-state index in [0.717, 1.165) is 18.9 Å². The molecule has 19 heavy (non-hydrogen) atoms. The molecule has 1 aromatic rings. The summed E-state index contributed by atoms with van der Waals surface area (Å²) in [5.74, 6) is 1.10. The van der Waals surface area contributed by atoms with Gasteiger partial charge in [0.05, 0.1) is 5.56 Å². The SMILES string of the molecule is CN1CCC(CCNC(=O)c2ccc(N)nc2)CC1. The van der Waals surface area contributed by atoms with E-state index < -0.39 is 0 Å². The molecule has 3 N–H and O–H groups in total. The number of piperidine rings is 1. The normalized spacial score (nSPS) is 17.3. The second-order valence-corrected chi connectivity index (χ2v) is 5.26. The maximum atomic E-state index is 11.8. The molecule has 0 spiro atoms. The predicted octanol–water partition coefficient (Wildman–Crippen LogP) is 1.13. The minimum Gasteiger partial charge on any atom is -0.384 e. The fourth-order valence-corrected chi connectivity index (χ4v) is 2.38. The predicted molar refractivity (Wildman–Crippen MR) is 75.8 cm³/mol. The number of nitrogens with zero attached hydrogens (tertiary/aromatic N) is 2. The standard InChI is InChI=1S/C14H22N4O/c1-18-8-5-11(6-9-18)4-7-16-14(19)12-2-3-13(15)17-10-12/h2-3,10-11H,4-9H2,1H3,(H2,15,17)(H,16,19). The molecule has 0 aromatic carbocycles. The first-order chi connectivity index (χ1) is 9.15. The van der Waals surface area contributed by atoms with Crippen molar-refractivity contribution in [3.63, 3.8) is 0 Å². The van der Waals surface area contributed by atoms with E-state index in [2.05, 4.69) is 22.2 Å². The monoisotopic (exact) mass is 262 g/mol. The molecule has 0 radical (unpaired) electrons. The number of hydrogen-bond acceptors (Lipinski definition) is 4. The summed E-state index contributed by atoms with van der Waals surface area (Å²) in [5.41, 5.74) is 6.06. The lowest BCUT2D eigenvalue weighted by atomic mass is 9.94. The lowest BCUT2D eigenvalue weighted by molar-refractivity contribution is 0.0948. The van der Waals surface area contributed by atoms with Crippen molar-refractivity contribution in [1.82, 2.24) is 15.2 Å². The van der Waals surface area contributed by atoms with Crippen LogP contribution in [0.5, 0.6) is 0 Å². The molecule has 0 aliphatic carbocycles. The lowest BCUT2D eigenvalue weighted by Gasteiger charge is -2.28. The minimum atomic E-state index is -0.0690. The zero-order valence-corrected chi connectivity index (χ0v) is 11.4. The van der Waals surface area contributed by atoms with Crippen molar-refractivity contribution in [2.45, 2.75) is 19.3 Å². The highest BCUT2D eigenvalue weighted by atomic mass is 16.1. The molecule has 1 saturated heterocycles. The van der Waals surface area contributed by atoms with Crippen LogP contribution in [0.1, 0.15) is 29.6 Å². The topological polar surface area (TPSA) is 71.2 Å². The Balaban J connectivity index is 1.70. The van der Waals surface area contributed by atoms with E-state index in [1.807, 2.05) is 0 Å². The first-order valence-corrected chi connectivity index (χ1v) is 6.83. The summed E-state index contributed by atoms with van der Waals surface area (Å²) < 4.78 is 0. The Morgan fingerprint density at radius 3 is 2.84 bits per heavy atom. The number of nitrogens with two attached hydrogens (primary N) is 1. The molecule has 2 heterocycles. The Kier molecular flexibility index (Phi) is 4.74. The van der Waals surface area contributed by atoms with Crippen LogP contribution in [0.3, 0.4) is 0 Å². The maximum Gasteiger partial charge on any atom is 0.252 e. The molecule has 5 heteroatoms. The number of hydrogen-bond donors (Lipinski definition) is 2. The van der Waals surface area contributed by atoms with Gasteiger partial charge in [-0.05, 0) is 57.5 Å². The van der Waals surface area contributed by atoms with Gasteiger partial charge >= 0.3 is 0 Å². The Morgan fingerprint density at radius 1 is 1.47 bits per heavy atom. The van der Waals surface area contributed by atoms with Gasteiger partial charge < -0.3 is 16.0 Å². The molecule has 1 fully saturated rings. The summed E-state index contributed by atoms with van der Waals surface area (Å²) >= 11 is 0. The van der Waals surface area contributed by atoms with Crippen molar-refractivity contribution in [3.05, 3.63) is 23.9 Å². The first-order valence-electron chi connectivity index (χ1n) is 6.83. The number of nitrogens with one attached hydrogen (secondary N) is 1. The van der Waals surface area contributed by atoms with Crippen LogP contribution >= 0.6 is 0 Å². The summed E-state index contributed by atoms with van der Waals surface area (Å²) in [4.78, 5) is 18.1. The molecule has 5 nitrogen and oxygen atoms in total. The van der Waals surface area contributed by atoms with Gasteiger partial charge in [-0.15, -0.1) is 0 Å². The van der Waals surface area contributed by atoms with Crippen LogP contribution in [0.2, 0.25) is 0 Å². The van der Waals surface area contributed by atoms with Crippen molar-refractivity contribution >= 4 is 11.7 Å². The molecule has 0 unspecified atom stereocenters. The van der Waals surface area contributed by atoms with Gasteiger partial charge in [-0.3, -0.25) is 4.79 Å². The molecule has 1 aliphatic heterocycles. The Morgan fingerprint density at radius 2 is 2.21 bits per heavy atom. The molecule has 2 rings (SSSR count). The fraction of sp³-hybridized carbons (Fsp3) is 0.571. The largest absolute Gasteiger partial charge is 0.384 e. The van der Waals surface area contributed by atoms with Crippen LogP contribution in [-0.4, -0.2) is 42.5 Å². The van der Waals surface area contributed by atoms with Gasteiger partial charge in [0.1, 0.15) is 5.82 Å². The van der Waals surface area contributed by atoms with Crippen LogP contribution in [0, 0.1) is 5.92 Å². The summed E-state index contributed by atoms with van der Waals surface area (Å²) in [6, 6.07) is 3.35. The van der Waals surface area contributed by atoms with E-state index in [1.54, 1.807) is 12.1 Å². The van der Waals surface area contributed by atoms with Gasteiger partial charge in [0.25, 0.3) is 5.91 Å². The molecule has 1 aromatic heterocycles. The number of carbonyl (C=O) groups is 1. The Hall–Kier alpha value is -1.62. The molecule has 0 saturated carbocycles. The molecular formula is C14H22N4O. The van der Waals surface area contributed by atoms with Gasteiger partial charge in [0, 0.05) is 12.7 Å². The number of pyridine rings is 1. The molecular weight excluding hydrogens is 240 g/mol. The van der Waals surface area contributed by atoms with E-state index in [1.165, 1.54) is 32.1 Å². The molecule has 104 valence electrons. The van der Waals surface area contributed by atoms with Gasteiger partial charge in [-0.25, -0.2) is 4.98 Å². The number of likely N-dealkylation sites (tertiary alicyclic amines) is 1. The summed E-state index contributed by atoms with van der Waals surface area (Å²) in [7, 11) is 2.16. The Bertz CT molecular complexity index is 410. The van der Waals surface area contributed by atoms with Crippen LogP contribution in [0.25, 0.3) is 0 Å². The highest BCUT2D eigenvalue weighted by molar-refractivity contribution is 5.93. The third kappa shape index (κ3) is 4.21. The fourth-order valence-electron chi connectivity index (χ4n) is 2.38. The quantitative estimate of drug-likeness (QED) is 0.853. The van der Waals surface area contributed by atoms with Crippen molar-refractivity contribution in [1.29, 1.82) is 0 Å². The zero-order valence-electron chi connectivity index (χ0n) is 11.4. The second-order valence-electron chi connectivity index (χ2n) is 5.26. The van der Waals surface area contributed by atoms with Crippen molar-refractivity contribution < 1.29 is 4.79 Å². The number of carbonyl (C=O) groups excluding carboxylic acids is 1. The van der Waals surface area contributed by atoms with E-state index in [4.69, 9.17) is 5.73 Å². The number of nitrogen functional groups attached to an aromatic ring is 1. The van der Waals surface area contributed by atoms with Crippen LogP contribution in [0.4, 0.5) is 5.82 Å². The maximum absolute atomic E-state index is 11.8. The van der Waals surface area contributed by atoms with E-state index in [-0.39, 0.29) is 5.91 Å². The van der Waals surface area contributed by atoms with Gasteiger partial charge in [-0.2, -0.15) is 0 Å². The van der Waals surface area contributed by atoms with Crippen molar-refractivity contribution in [3.8, 4) is 0 Å². The first kappa shape index (κ1) is 13.8. The van der Waals surface area contributed by atoms with Crippen molar-refractivity contribution in [2.75, 3.05) is 32.4 Å². The second kappa shape index (κ2) is 6.52. The number of amides is 1. The van der Waals surface area contributed by atoms with Crippen LogP contribution in [0.15, 0.2) is 18.3 Å². The summed E-state index contributed by atoms with van der Waals surface area (Å²) in [6.45, 7) is 3.07. The highest BCUT2D eigenvalue weighted by Crippen LogP contribution is 2.18.